The van der Waals surface area contributed by atoms with Gasteiger partial charge >= 0.3 is 0 Å². The van der Waals surface area contributed by atoms with Crippen molar-refractivity contribution in [3.8, 4) is 6.07 Å². The maximum absolute atomic E-state index is 12.4. The quantitative estimate of drug-likeness (QED) is 0.908. The molecule has 3 heteroatoms. The Kier molecular flexibility index (Phi) is 3.73. The van der Waals surface area contributed by atoms with Gasteiger partial charge in [0.2, 0.25) is 0 Å². The molecule has 4 bridgehead atoms. The van der Waals surface area contributed by atoms with Gasteiger partial charge in [0.15, 0.2) is 5.78 Å². The minimum atomic E-state index is 0.232. The maximum atomic E-state index is 12.4. The summed E-state index contributed by atoms with van der Waals surface area (Å²) >= 11 is 0. The molecule has 23 heavy (non-hydrogen) atoms. The minimum Gasteiger partial charge on any atom is -0.304 e. The molecule has 120 valence electrons. The average Bonchev–Trinajstić information content (AvgIpc) is 2.52. The molecule has 0 saturated heterocycles. The van der Waals surface area contributed by atoms with E-state index in [4.69, 9.17) is 5.26 Å². The van der Waals surface area contributed by atoms with Gasteiger partial charge in [-0.2, -0.15) is 5.26 Å². The fourth-order valence-electron chi connectivity index (χ4n) is 5.65. The van der Waals surface area contributed by atoms with Crippen molar-refractivity contribution in [3.63, 3.8) is 0 Å². The van der Waals surface area contributed by atoms with Gasteiger partial charge in [0.05, 0.1) is 18.2 Å². The van der Waals surface area contributed by atoms with Crippen LogP contribution in [0.3, 0.4) is 0 Å². The van der Waals surface area contributed by atoms with E-state index in [1.165, 1.54) is 38.5 Å². The highest BCUT2D eigenvalue weighted by molar-refractivity contribution is 5.83. The van der Waals surface area contributed by atoms with E-state index in [0.717, 1.165) is 23.3 Å². The molecule has 0 atom stereocenters. The van der Waals surface area contributed by atoms with Crippen LogP contribution in [0, 0.1) is 29.1 Å². The van der Waals surface area contributed by atoms with E-state index >= 15 is 0 Å². The Bertz CT molecular complexity index is 623. The van der Waals surface area contributed by atoms with Crippen molar-refractivity contribution in [2.24, 2.45) is 17.8 Å². The summed E-state index contributed by atoms with van der Waals surface area (Å²) in [6.45, 7) is 0.475. The topological polar surface area (TPSA) is 52.9 Å². The van der Waals surface area contributed by atoms with Crippen LogP contribution < -0.4 is 5.32 Å². The first-order chi connectivity index (χ1) is 11.1. The van der Waals surface area contributed by atoms with E-state index in [2.05, 4.69) is 11.4 Å². The summed E-state index contributed by atoms with van der Waals surface area (Å²) in [6, 6.07) is 9.52. The lowest BCUT2D eigenvalue weighted by Gasteiger charge is -2.57. The van der Waals surface area contributed by atoms with Gasteiger partial charge in [0.1, 0.15) is 0 Å². The van der Waals surface area contributed by atoms with Crippen LogP contribution in [0.1, 0.15) is 49.7 Å². The number of nitrogens with one attached hydrogen (secondary N) is 1. The van der Waals surface area contributed by atoms with Gasteiger partial charge < -0.3 is 5.32 Å². The number of carbonyl (C=O) groups is 1. The summed E-state index contributed by atoms with van der Waals surface area (Å²) in [4.78, 5) is 12.4. The monoisotopic (exact) mass is 308 g/mol. The van der Waals surface area contributed by atoms with Crippen molar-refractivity contribution in [2.45, 2.75) is 50.5 Å². The molecule has 4 aliphatic rings. The second kappa shape index (κ2) is 5.76. The zero-order valence-electron chi connectivity index (χ0n) is 13.6. The Morgan fingerprint density at radius 1 is 1.17 bits per heavy atom. The first-order valence-electron chi connectivity index (χ1n) is 8.90. The van der Waals surface area contributed by atoms with Crippen LogP contribution in [-0.2, 0) is 11.2 Å². The maximum Gasteiger partial charge on any atom is 0.150 e. The van der Waals surface area contributed by atoms with Crippen molar-refractivity contribution in [2.75, 3.05) is 6.54 Å². The Morgan fingerprint density at radius 2 is 1.83 bits per heavy atom. The molecule has 0 unspecified atom stereocenters. The molecule has 0 heterocycles. The standard InChI is InChI=1S/C20H24N2O/c21-12-15-3-1-2-14(4-15)8-19(23)13-22-20-9-16-5-17(10-20)7-18(6-16)11-20/h1-4,16-18,22H,5-11,13H2. The molecular formula is C20H24N2O. The molecule has 4 aliphatic carbocycles. The highest BCUT2D eigenvalue weighted by Gasteiger charge is 2.50. The highest BCUT2D eigenvalue weighted by Crippen LogP contribution is 2.55. The van der Waals surface area contributed by atoms with Crippen LogP contribution in [0.4, 0.5) is 0 Å². The molecule has 1 N–H and O–H groups in total. The summed E-state index contributed by atoms with van der Waals surface area (Å²) in [5, 5.41) is 12.6. The molecule has 4 fully saturated rings. The van der Waals surface area contributed by atoms with Gasteiger partial charge in [-0.3, -0.25) is 4.79 Å². The van der Waals surface area contributed by atoms with Crippen molar-refractivity contribution in [3.05, 3.63) is 35.4 Å². The number of carbonyl (C=O) groups excluding carboxylic acids is 1. The SMILES string of the molecule is N#Cc1cccc(CC(=O)CNC23CC4CC(CC(C4)C2)C3)c1. The molecule has 0 aromatic heterocycles. The second-order valence-corrected chi connectivity index (χ2v) is 8.08. The summed E-state index contributed by atoms with van der Waals surface area (Å²) in [5.74, 6) is 2.93. The number of nitrogens with zero attached hydrogens (tertiary/aromatic N) is 1. The fraction of sp³-hybridized carbons (Fsp3) is 0.600. The largest absolute Gasteiger partial charge is 0.304 e. The normalized spacial score (nSPS) is 34.3. The molecule has 0 aliphatic heterocycles. The van der Waals surface area contributed by atoms with Crippen LogP contribution in [0.15, 0.2) is 24.3 Å². The number of nitriles is 1. The third-order valence-corrected chi connectivity index (χ3v) is 6.16. The van der Waals surface area contributed by atoms with E-state index in [0.29, 0.717) is 18.5 Å². The van der Waals surface area contributed by atoms with Crippen molar-refractivity contribution in [1.82, 2.24) is 5.32 Å². The minimum absolute atomic E-state index is 0.232. The Morgan fingerprint density at radius 3 is 2.43 bits per heavy atom. The Labute approximate surface area is 138 Å². The van der Waals surface area contributed by atoms with E-state index in [-0.39, 0.29) is 11.3 Å². The number of ketones is 1. The zero-order chi connectivity index (χ0) is 15.9. The van der Waals surface area contributed by atoms with Crippen LogP contribution in [0.25, 0.3) is 0 Å². The number of rotatable bonds is 5. The van der Waals surface area contributed by atoms with Crippen molar-refractivity contribution in [1.29, 1.82) is 5.26 Å². The molecule has 0 radical (unpaired) electrons. The van der Waals surface area contributed by atoms with E-state index in [9.17, 15) is 4.79 Å². The van der Waals surface area contributed by atoms with Gasteiger partial charge in [0.25, 0.3) is 0 Å². The summed E-state index contributed by atoms with van der Waals surface area (Å²) < 4.78 is 0. The average molecular weight is 308 g/mol. The smallest absolute Gasteiger partial charge is 0.150 e. The number of hydrogen-bond donors (Lipinski definition) is 1. The zero-order valence-corrected chi connectivity index (χ0v) is 13.6. The lowest BCUT2D eigenvalue weighted by molar-refractivity contribution is -0.118. The molecule has 5 rings (SSSR count). The molecule has 1 aromatic rings. The summed E-state index contributed by atoms with van der Waals surface area (Å²) in [5.41, 5.74) is 1.82. The van der Waals surface area contributed by atoms with Crippen LogP contribution in [0.2, 0.25) is 0 Å². The molecule has 3 nitrogen and oxygen atoms in total. The van der Waals surface area contributed by atoms with Crippen LogP contribution >= 0.6 is 0 Å². The number of Topliss-reactive ketones (excluding diaryl/α,β-unsaturated/α-hetero) is 1. The molecule has 1 aromatic carbocycles. The summed E-state index contributed by atoms with van der Waals surface area (Å²) in [7, 11) is 0. The predicted octanol–water partition coefficient (Wildman–Crippen LogP) is 3.23. The van der Waals surface area contributed by atoms with Gasteiger partial charge in [0, 0.05) is 12.0 Å². The van der Waals surface area contributed by atoms with Crippen molar-refractivity contribution >= 4 is 5.78 Å². The highest BCUT2D eigenvalue weighted by atomic mass is 16.1. The second-order valence-electron chi connectivity index (χ2n) is 8.08. The number of hydrogen-bond acceptors (Lipinski definition) is 3. The van der Waals surface area contributed by atoms with E-state index in [1.54, 1.807) is 6.07 Å². The Balaban J connectivity index is 1.36. The van der Waals surface area contributed by atoms with Crippen molar-refractivity contribution < 1.29 is 4.79 Å². The number of benzene rings is 1. The van der Waals surface area contributed by atoms with Gasteiger partial charge in [-0.1, -0.05) is 12.1 Å². The lowest BCUT2D eigenvalue weighted by Crippen LogP contribution is -2.59. The van der Waals surface area contributed by atoms with Crippen LogP contribution in [-0.4, -0.2) is 17.9 Å². The van der Waals surface area contributed by atoms with Gasteiger partial charge in [-0.15, -0.1) is 0 Å². The molecule has 4 saturated carbocycles. The predicted molar refractivity (Wildman–Crippen MR) is 88.8 cm³/mol. The Hall–Kier alpha value is -1.66. The summed E-state index contributed by atoms with van der Waals surface area (Å²) in [6.07, 6.45) is 8.53. The van der Waals surface area contributed by atoms with E-state index in [1.807, 2.05) is 18.2 Å². The third kappa shape index (κ3) is 3.05. The third-order valence-electron chi connectivity index (χ3n) is 6.16. The molecule has 0 amide bonds. The first kappa shape index (κ1) is 14.9. The molecule has 0 spiro atoms. The fourth-order valence-corrected chi connectivity index (χ4v) is 5.65. The molecular weight excluding hydrogens is 284 g/mol. The lowest BCUT2D eigenvalue weighted by atomic mass is 9.53. The van der Waals surface area contributed by atoms with Gasteiger partial charge in [-0.05, 0) is 74.0 Å². The first-order valence-corrected chi connectivity index (χ1v) is 8.90. The van der Waals surface area contributed by atoms with E-state index < -0.39 is 0 Å². The van der Waals surface area contributed by atoms with Crippen LogP contribution in [0.5, 0.6) is 0 Å². The van der Waals surface area contributed by atoms with Gasteiger partial charge in [-0.25, -0.2) is 0 Å².